The van der Waals surface area contributed by atoms with Crippen LogP contribution in [-0.4, -0.2) is 12.1 Å². The average molecular weight is 113 g/mol. The number of amides is 2. The Hall–Kier alpha value is -1.24. The van der Waals surface area contributed by atoms with E-state index in [1.165, 1.54) is 0 Å². The van der Waals surface area contributed by atoms with Crippen molar-refractivity contribution in [2.45, 2.75) is 13.0 Å². The summed E-state index contributed by atoms with van der Waals surface area (Å²) in [7, 11) is 0. The standard InChI is InChI=1S/C4H7N3O/c1-3(2-5)7-4(6)8/h3H,1H3,(H3,6,7,8)/t3-/m1/s1. The summed E-state index contributed by atoms with van der Waals surface area (Å²) in [6.45, 7) is 1.55. The fourth-order valence-corrected chi connectivity index (χ4v) is 0.246. The van der Waals surface area contributed by atoms with Crippen molar-refractivity contribution >= 4 is 6.03 Å². The van der Waals surface area contributed by atoms with Crippen LogP contribution < -0.4 is 11.1 Å². The smallest absolute Gasteiger partial charge is 0.313 e. The predicted octanol–water partition coefficient (Wildman–Crippen LogP) is -0.433. The van der Waals surface area contributed by atoms with Gasteiger partial charge in [-0.05, 0) is 6.92 Å². The van der Waals surface area contributed by atoms with Gasteiger partial charge in [-0.15, -0.1) is 0 Å². The van der Waals surface area contributed by atoms with Gasteiger partial charge in [0.05, 0.1) is 6.07 Å². The minimum atomic E-state index is -0.668. The highest BCUT2D eigenvalue weighted by Gasteiger charge is 1.97. The van der Waals surface area contributed by atoms with Gasteiger partial charge in [-0.25, -0.2) is 4.79 Å². The van der Waals surface area contributed by atoms with Gasteiger partial charge < -0.3 is 11.1 Å². The Morgan fingerprint density at radius 2 is 2.50 bits per heavy atom. The van der Waals surface area contributed by atoms with Gasteiger partial charge in [-0.3, -0.25) is 0 Å². The van der Waals surface area contributed by atoms with Crippen LogP contribution in [0.3, 0.4) is 0 Å². The van der Waals surface area contributed by atoms with Gasteiger partial charge in [-0.1, -0.05) is 0 Å². The maximum Gasteiger partial charge on any atom is 0.313 e. The van der Waals surface area contributed by atoms with Crippen LogP contribution in [-0.2, 0) is 0 Å². The van der Waals surface area contributed by atoms with Crippen LogP contribution in [0.25, 0.3) is 0 Å². The van der Waals surface area contributed by atoms with Crippen LogP contribution in [0.2, 0.25) is 0 Å². The molecule has 0 aliphatic rings. The molecule has 0 aromatic rings. The van der Waals surface area contributed by atoms with Crippen molar-refractivity contribution in [3.8, 4) is 6.07 Å². The first-order valence-electron chi connectivity index (χ1n) is 2.12. The van der Waals surface area contributed by atoms with E-state index in [-0.39, 0.29) is 0 Å². The molecule has 0 saturated carbocycles. The lowest BCUT2D eigenvalue weighted by Gasteiger charge is -1.98. The molecule has 0 heterocycles. The van der Waals surface area contributed by atoms with E-state index in [4.69, 9.17) is 5.26 Å². The molecular weight excluding hydrogens is 106 g/mol. The summed E-state index contributed by atoms with van der Waals surface area (Å²) in [5.41, 5.74) is 4.67. The van der Waals surface area contributed by atoms with Gasteiger partial charge in [0.15, 0.2) is 0 Å². The summed E-state index contributed by atoms with van der Waals surface area (Å²) in [6, 6.07) is 0.624. The number of nitrogens with zero attached hydrogens (tertiary/aromatic N) is 1. The van der Waals surface area contributed by atoms with E-state index in [0.717, 1.165) is 0 Å². The third-order valence-electron chi connectivity index (χ3n) is 0.552. The van der Waals surface area contributed by atoms with Crippen LogP contribution in [0.4, 0.5) is 4.79 Å². The van der Waals surface area contributed by atoms with Crippen molar-refractivity contribution in [3.63, 3.8) is 0 Å². The molecular formula is C4H7N3O. The highest BCUT2D eigenvalue weighted by Crippen LogP contribution is 1.72. The molecule has 3 N–H and O–H groups in total. The first-order chi connectivity index (χ1) is 3.66. The monoisotopic (exact) mass is 113 g/mol. The lowest BCUT2D eigenvalue weighted by molar-refractivity contribution is 0.248. The summed E-state index contributed by atoms with van der Waals surface area (Å²) >= 11 is 0. The van der Waals surface area contributed by atoms with E-state index < -0.39 is 12.1 Å². The zero-order valence-corrected chi connectivity index (χ0v) is 4.51. The lowest BCUT2D eigenvalue weighted by atomic mass is 10.4. The Morgan fingerprint density at radius 1 is 2.00 bits per heavy atom. The van der Waals surface area contributed by atoms with Gasteiger partial charge in [0.25, 0.3) is 0 Å². The normalized spacial score (nSPS) is 11.5. The lowest BCUT2D eigenvalue weighted by Crippen LogP contribution is -2.35. The summed E-state index contributed by atoms with van der Waals surface area (Å²) < 4.78 is 0. The Morgan fingerprint density at radius 3 is 2.62 bits per heavy atom. The van der Waals surface area contributed by atoms with Crippen LogP contribution in [0.5, 0.6) is 0 Å². The third-order valence-corrected chi connectivity index (χ3v) is 0.552. The molecule has 4 heteroatoms. The molecule has 0 aromatic heterocycles. The Labute approximate surface area is 47.3 Å². The highest BCUT2D eigenvalue weighted by atomic mass is 16.2. The van der Waals surface area contributed by atoms with Gasteiger partial charge in [-0.2, -0.15) is 5.26 Å². The van der Waals surface area contributed by atoms with Crippen LogP contribution in [0.15, 0.2) is 0 Å². The summed E-state index contributed by atoms with van der Waals surface area (Å²) in [5, 5.41) is 10.2. The number of hydrogen-bond donors (Lipinski definition) is 2. The molecule has 8 heavy (non-hydrogen) atoms. The molecule has 0 aliphatic carbocycles. The summed E-state index contributed by atoms with van der Waals surface area (Å²) in [4.78, 5) is 9.93. The van der Waals surface area contributed by atoms with E-state index in [1.807, 2.05) is 0 Å². The average Bonchev–Trinajstić information content (AvgIpc) is 1.65. The van der Waals surface area contributed by atoms with Gasteiger partial charge in [0, 0.05) is 0 Å². The van der Waals surface area contributed by atoms with Gasteiger partial charge in [0.1, 0.15) is 6.04 Å². The SMILES string of the molecule is C[C@H](C#N)NC(N)=O. The molecule has 0 bridgehead atoms. The Kier molecular flexibility index (Phi) is 2.41. The fraction of sp³-hybridized carbons (Fsp3) is 0.500. The second-order valence-electron chi connectivity index (χ2n) is 1.36. The van der Waals surface area contributed by atoms with Crippen molar-refractivity contribution in [1.29, 1.82) is 5.26 Å². The maximum absolute atomic E-state index is 9.93. The van der Waals surface area contributed by atoms with Crippen molar-refractivity contribution in [2.24, 2.45) is 5.73 Å². The predicted molar refractivity (Wildman–Crippen MR) is 27.8 cm³/mol. The number of carbonyl (C=O) groups is 1. The van der Waals surface area contributed by atoms with E-state index in [0.29, 0.717) is 0 Å². The largest absolute Gasteiger partial charge is 0.352 e. The quantitative estimate of drug-likeness (QED) is 0.483. The molecule has 0 unspecified atom stereocenters. The number of carbonyl (C=O) groups excluding carboxylic acids is 1. The van der Waals surface area contributed by atoms with E-state index >= 15 is 0 Å². The van der Waals surface area contributed by atoms with Crippen LogP contribution >= 0.6 is 0 Å². The molecule has 4 nitrogen and oxygen atoms in total. The van der Waals surface area contributed by atoms with E-state index in [9.17, 15) is 4.79 Å². The van der Waals surface area contributed by atoms with Crippen molar-refractivity contribution in [3.05, 3.63) is 0 Å². The zero-order chi connectivity index (χ0) is 6.57. The van der Waals surface area contributed by atoms with E-state index in [1.54, 1.807) is 13.0 Å². The topological polar surface area (TPSA) is 78.9 Å². The number of nitrogens with one attached hydrogen (secondary N) is 1. The molecule has 2 amide bonds. The zero-order valence-electron chi connectivity index (χ0n) is 4.51. The van der Waals surface area contributed by atoms with Crippen molar-refractivity contribution < 1.29 is 4.79 Å². The number of rotatable bonds is 1. The van der Waals surface area contributed by atoms with Gasteiger partial charge >= 0.3 is 6.03 Å². The minimum Gasteiger partial charge on any atom is -0.352 e. The highest BCUT2D eigenvalue weighted by molar-refractivity contribution is 5.72. The number of hydrogen-bond acceptors (Lipinski definition) is 2. The second-order valence-corrected chi connectivity index (χ2v) is 1.36. The maximum atomic E-state index is 9.93. The Bertz CT molecular complexity index is 126. The fourth-order valence-electron chi connectivity index (χ4n) is 0.246. The summed E-state index contributed by atoms with van der Waals surface area (Å²) in [6.07, 6.45) is 0. The molecule has 0 spiro atoms. The Balaban J connectivity index is 3.43. The first-order valence-corrected chi connectivity index (χ1v) is 2.12. The minimum absolute atomic E-state index is 0.493. The third kappa shape index (κ3) is 2.97. The number of primary amides is 1. The molecule has 0 fully saturated rings. The summed E-state index contributed by atoms with van der Waals surface area (Å²) in [5.74, 6) is 0. The second kappa shape index (κ2) is 2.86. The number of nitriles is 1. The van der Waals surface area contributed by atoms with Crippen molar-refractivity contribution in [1.82, 2.24) is 5.32 Å². The molecule has 0 aromatic carbocycles. The molecule has 0 saturated heterocycles. The van der Waals surface area contributed by atoms with Gasteiger partial charge in [0.2, 0.25) is 0 Å². The first kappa shape index (κ1) is 6.76. The molecule has 0 rings (SSSR count). The molecule has 0 radical (unpaired) electrons. The van der Waals surface area contributed by atoms with Crippen LogP contribution in [0, 0.1) is 11.3 Å². The number of urea groups is 1. The molecule has 1 atom stereocenters. The number of nitrogens with two attached hydrogens (primary N) is 1. The van der Waals surface area contributed by atoms with Crippen molar-refractivity contribution in [2.75, 3.05) is 0 Å². The molecule has 44 valence electrons. The molecule has 0 aliphatic heterocycles. The van der Waals surface area contributed by atoms with Crippen LogP contribution in [0.1, 0.15) is 6.92 Å². The van der Waals surface area contributed by atoms with E-state index in [2.05, 4.69) is 11.1 Å².